The average Bonchev–Trinajstić information content (AvgIpc) is 2.71. The van der Waals surface area contributed by atoms with Gasteiger partial charge in [-0.1, -0.05) is 26.8 Å². The Morgan fingerprint density at radius 1 is 1.23 bits per heavy atom. The number of primary amides is 1. The number of rotatable bonds is 5. The molecule has 0 bridgehead atoms. The van der Waals surface area contributed by atoms with Crippen LogP contribution in [0, 0.1) is 5.41 Å². The van der Waals surface area contributed by atoms with Gasteiger partial charge in [0, 0.05) is 17.1 Å². The molecule has 1 aliphatic rings. The molecule has 1 aromatic rings. The van der Waals surface area contributed by atoms with Gasteiger partial charge in [-0.25, -0.2) is 9.78 Å². The fourth-order valence-corrected chi connectivity index (χ4v) is 2.36. The van der Waals surface area contributed by atoms with Crippen LogP contribution in [0.15, 0.2) is 18.3 Å². The molecule has 0 aromatic carbocycles. The first-order valence-corrected chi connectivity index (χ1v) is 8.72. The van der Waals surface area contributed by atoms with Crippen molar-refractivity contribution in [3.05, 3.63) is 18.3 Å². The van der Waals surface area contributed by atoms with E-state index in [-0.39, 0.29) is 12.0 Å². The number of carbonyl (C=O) groups is 1. The molecule has 7 nitrogen and oxygen atoms in total. The van der Waals surface area contributed by atoms with E-state index in [4.69, 9.17) is 24.5 Å². The second-order valence-corrected chi connectivity index (χ2v) is 8.62. The summed E-state index contributed by atoms with van der Waals surface area (Å²) >= 11 is 0. The molecule has 1 atom stereocenters. The van der Waals surface area contributed by atoms with Gasteiger partial charge in [0.05, 0.1) is 11.2 Å². The topological polar surface area (TPSA) is 92.9 Å². The van der Waals surface area contributed by atoms with E-state index >= 15 is 0 Å². The van der Waals surface area contributed by atoms with Crippen LogP contribution in [0.2, 0.25) is 0 Å². The summed E-state index contributed by atoms with van der Waals surface area (Å²) in [5, 5.41) is 0. The molecule has 0 saturated carbocycles. The van der Waals surface area contributed by atoms with E-state index in [1.54, 1.807) is 12.3 Å². The number of ether oxygens (including phenoxy) is 2. The molecular formula is C18H29BN2O5. The molecule has 1 saturated heterocycles. The fourth-order valence-electron chi connectivity index (χ4n) is 2.36. The van der Waals surface area contributed by atoms with Crippen LogP contribution in [-0.2, 0) is 14.0 Å². The highest BCUT2D eigenvalue weighted by molar-refractivity contribution is 6.62. The lowest BCUT2D eigenvalue weighted by Crippen LogP contribution is -2.41. The van der Waals surface area contributed by atoms with Gasteiger partial charge in [0.1, 0.15) is 12.7 Å². The van der Waals surface area contributed by atoms with Gasteiger partial charge in [0.15, 0.2) is 0 Å². The molecule has 1 aromatic heterocycles. The Bertz CT molecular complexity index is 624. The second kappa shape index (κ2) is 7.08. The van der Waals surface area contributed by atoms with Gasteiger partial charge < -0.3 is 24.5 Å². The van der Waals surface area contributed by atoms with Gasteiger partial charge >= 0.3 is 13.2 Å². The van der Waals surface area contributed by atoms with E-state index < -0.39 is 30.5 Å². The minimum atomic E-state index is -0.822. The maximum atomic E-state index is 11.1. The van der Waals surface area contributed by atoms with Crippen molar-refractivity contribution in [3.63, 3.8) is 0 Å². The molecule has 2 heterocycles. The van der Waals surface area contributed by atoms with Crippen molar-refractivity contribution < 1.29 is 23.6 Å². The maximum Gasteiger partial charge on any atom is 0.496 e. The van der Waals surface area contributed by atoms with Gasteiger partial charge in [-0.15, -0.1) is 0 Å². The Morgan fingerprint density at radius 2 is 1.81 bits per heavy atom. The van der Waals surface area contributed by atoms with Crippen LogP contribution in [0.3, 0.4) is 0 Å². The van der Waals surface area contributed by atoms with Crippen LogP contribution >= 0.6 is 0 Å². The highest BCUT2D eigenvalue weighted by atomic mass is 16.7. The number of hydrogen-bond donors (Lipinski definition) is 1. The zero-order valence-electron chi connectivity index (χ0n) is 16.7. The summed E-state index contributed by atoms with van der Waals surface area (Å²) in [4.78, 5) is 15.4. The number of carbonyl (C=O) groups excluding carboxylic acids is 1. The van der Waals surface area contributed by atoms with E-state index in [0.717, 1.165) is 5.46 Å². The van der Waals surface area contributed by atoms with Gasteiger partial charge in [0.25, 0.3) is 0 Å². The Balaban J connectivity index is 2.01. The third-order valence-corrected chi connectivity index (χ3v) is 4.89. The zero-order valence-corrected chi connectivity index (χ0v) is 16.7. The molecular weight excluding hydrogens is 335 g/mol. The predicted molar refractivity (Wildman–Crippen MR) is 99.4 cm³/mol. The van der Waals surface area contributed by atoms with E-state index in [2.05, 4.69) is 4.98 Å². The van der Waals surface area contributed by atoms with Gasteiger partial charge in [-0.2, -0.15) is 0 Å². The van der Waals surface area contributed by atoms with E-state index in [1.165, 1.54) is 0 Å². The van der Waals surface area contributed by atoms with E-state index in [1.807, 2.05) is 54.5 Å². The monoisotopic (exact) mass is 364 g/mol. The maximum absolute atomic E-state index is 11.1. The van der Waals surface area contributed by atoms with Crippen molar-refractivity contribution in [1.82, 2.24) is 4.98 Å². The first-order valence-electron chi connectivity index (χ1n) is 8.72. The minimum absolute atomic E-state index is 0.162. The Labute approximate surface area is 155 Å². The highest BCUT2D eigenvalue weighted by Gasteiger charge is 2.51. The number of hydrogen-bond acceptors (Lipinski definition) is 6. The van der Waals surface area contributed by atoms with Crippen molar-refractivity contribution in [2.75, 3.05) is 6.61 Å². The summed E-state index contributed by atoms with van der Waals surface area (Å²) in [5.41, 5.74) is 4.83. The molecule has 2 N–H and O–H groups in total. The quantitative estimate of drug-likeness (QED) is 0.806. The number of aromatic nitrogens is 1. The van der Waals surface area contributed by atoms with Gasteiger partial charge in [-0.3, -0.25) is 0 Å². The largest absolute Gasteiger partial charge is 0.496 e. The average molecular weight is 364 g/mol. The normalized spacial score (nSPS) is 19.9. The Kier molecular flexibility index (Phi) is 5.59. The van der Waals surface area contributed by atoms with Crippen molar-refractivity contribution in [2.45, 2.75) is 65.8 Å². The summed E-state index contributed by atoms with van der Waals surface area (Å²) in [6.07, 6.45) is 0.362. The smallest absolute Gasteiger partial charge is 0.474 e. The number of nitrogens with two attached hydrogens (primary N) is 1. The lowest BCUT2D eigenvalue weighted by atomic mass is 9.80. The highest BCUT2D eigenvalue weighted by Crippen LogP contribution is 2.36. The third kappa shape index (κ3) is 4.68. The second-order valence-electron chi connectivity index (χ2n) is 8.62. The molecule has 0 aliphatic carbocycles. The lowest BCUT2D eigenvalue weighted by Gasteiger charge is -2.32. The van der Waals surface area contributed by atoms with Crippen LogP contribution in [0.4, 0.5) is 4.79 Å². The number of pyridine rings is 1. The van der Waals surface area contributed by atoms with Crippen molar-refractivity contribution >= 4 is 18.7 Å². The molecule has 144 valence electrons. The summed E-state index contributed by atoms with van der Waals surface area (Å²) in [7, 11) is -0.470. The molecule has 1 unspecified atom stereocenters. The SMILES string of the molecule is CC(C)(C)C(COc1ccc(B2OC(C)(C)C(C)(C)O2)cn1)OC(N)=O. The zero-order chi connectivity index (χ0) is 19.8. The predicted octanol–water partition coefficient (Wildman–Crippen LogP) is 2.27. The first-order chi connectivity index (χ1) is 11.8. The molecule has 26 heavy (non-hydrogen) atoms. The summed E-state index contributed by atoms with van der Waals surface area (Å²) < 4.78 is 22.8. The molecule has 1 fully saturated rings. The number of amides is 1. The van der Waals surface area contributed by atoms with Gasteiger partial charge in [0.2, 0.25) is 5.88 Å². The minimum Gasteiger partial charge on any atom is -0.474 e. The molecule has 1 amide bonds. The summed E-state index contributed by atoms with van der Waals surface area (Å²) in [5.74, 6) is 0.424. The van der Waals surface area contributed by atoms with Crippen LogP contribution in [0.25, 0.3) is 0 Å². The first kappa shape index (κ1) is 20.5. The van der Waals surface area contributed by atoms with Crippen molar-refractivity contribution in [2.24, 2.45) is 11.1 Å². The van der Waals surface area contributed by atoms with Crippen LogP contribution < -0.4 is 15.9 Å². The van der Waals surface area contributed by atoms with Crippen LogP contribution in [0.1, 0.15) is 48.5 Å². The lowest BCUT2D eigenvalue weighted by molar-refractivity contribution is 0.00477. The molecule has 2 rings (SSSR count). The Morgan fingerprint density at radius 3 is 2.23 bits per heavy atom. The summed E-state index contributed by atoms with van der Waals surface area (Å²) in [6, 6.07) is 3.59. The van der Waals surface area contributed by atoms with E-state index in [0.29, 0.717) is 5.88 Å². The van der Waals surface area contributed by atoms with Crippen LogP contribution in [0.5, 0.6) is 5.88 Å². The molecule has 1 aliphatic heterocycles. The van der Waals surface area contributed by atoms with Gasteiger partial charge in [-0.05, 0) is 33.8 Å². The van der Waals surface area contributed by atoms with Crippen molar-refractivity contribution in [1.29, 1.82) is 0 Å². The van der Waals surface area contributed by atoms with Crippen molar-refractivity contribution in [3.8, 4) is 5.88 Å². The third-order valence-electron chi connectivity index (χ3n) is 4.89. The molecule has 0 radical (unpaired) electrons. The molecule has 8 heteroatoms. The molecule has 0 spiro atoms. The fraction of sp³-hybridized carbons (Fsp3) is 0.667. The summed E-state index contributed by atoms with van der Waals surface area (Å²) in [6.45, 7) is 14.0. The van der Waals surface area contributed by atoms with E-state index in [9.17, 15) is 4.79 Å². The van der Waals surface area contributed by atoms with Crippen LogP contribution in [-0.4, -0.2) is 42.1 Å². The standard InChI is InChI=1S/C18H29BN2O5/c1-16(2,3)13(24-15(20)22)11-23-14-9-8-12(10-21-14)19-25-17(4,5)18(6,7)26-19/h8-10,13H,11H2,1-7H3,(H2,20,22). The number of nitrogens with zero attached hydrogens (tertiary/aromatic N) is 1. The Hall–Kier alpha value is -1.80.